The van der Waals surface area contributed by atoms with Gasteiger partial charge in [0.2, 0.25) is 5.91 Å². The molecule has 0 atom stereocenters. The van der Waals surface area contributed by atoms with Gasteiger partial charge in [-0.1, -0.05) is 35.3 Å². The monoisotopic (exact) mass is 379 g/mol. The van der Waals surface area contributed by atoms with Crippen LogP contribution >= 0.6 is 23.2 Å². The van der Waals surface area contributed by atoms with Crippen LogP contribution in [0.15, 0.2) is 36.4 Å². The summed E-state index contributed by atoms with van der Waals surface area (Å²) in [6, 6.07) is 11.1. The fourth-order valence-electron chi connectivity index (χ4n) is 2.65. The van der Waals surface area contributed by atoms with Crippen molar-refractivity contribution in [2.45, 2.75) is 19.4 Å². The van der Waals surface area contributed by atoms with Gasteiger partial charge in [0, 0.05) is 25.0 Å². The van der Waals surface area contributed by atoms with E-state index in [1.165, 1.54) is 0 Å². The quantitative estimate of drug-likeness (QED) is 0.792. The molecule has 0 N–H and O–H groups in total. The van der Waals surface area contributed by atoms with Crippen LogP contribution in [0.4, 0.5) is 0 Å². The van der Waals surface area contributed by atoms with E-state index in [0.717, 1.165) is 17.5 Å². The van der Waals surface area contributed by atoms with Crippen LogP contribution in [0.3, 0.4) is 0 Å². The first kappa shape index (κ1) is 17.9. The number of hydrogen-bond donors (Lipinski definition) is 0. The number of ether oxygens (including phenoxy) is 2. The Morgan fingerprint density at radius 1 is 1.08 bits per heavy atom. The van der Waals surface area contributed by atoms with Crippen LogP contribution in [0.1, 0.15) is 17.5 Å². The van der Waals surface area contributed by atoms with E-state index in [1.54, 1.807) is 18.0 Å². The lowest BCUT2D eigenvalue weighted by Gasteiger charge is -2.18. The summed E-state index contributed by atoms with van der Waals surface area (Å²) in [5.74, 6) is 1.17. The van der Waals surface area contributed by atoms with Crippen LogP contribution < -0.4 is 9.47 Å². The Morgan fingerprint density at radius 3 is 2.56 bits per heavy atom. The van der Waals surface area contributed by atoms with Gasteiger partial charge in [-0.15, -0.1) is 0 Å². The fourth-order valence-corrected chi connectivity index (χ4v) is 3.06. The van der Waals surface area contributed by atoms with Gasteiger partial charge in [-0.3, -0.25) is 4.79 Å². The molecule has 25 heavy (non-hydrogen) atoms. The van der Waals surface area contributed by atoms with Crippen molar-refractivity contribution in [2.75, 3.05) is 20.3 Å². The Balaban J connectivity index is 1.68. The molecule has 3 rings (SSSR count). The van der Waals surface area contributed by atoms with E-state index < -0.39 is 0 Å². The number of hydrogen-bond acceptors (Lipinski definition) is 3. The van der Waals surface area contributed by atoms with Gasteiger partial charge in [0.1, 0.15) is 0 Å². The molecule has 1 heterocycles. The van der Waals surface area contributed by atoms with Crippen LogP contribution in [-0.4, -0.2) is 31.1 Å². The largest absolute Gasteiger partial charge is 0.489 e. The number of nitrogens with zero attached hydrogens (tertiary/aromatic N) is 1. The van der Waals surface area contributed by atoms with Gasteiger partial charge < -0.3 is 14.4 Å². The van der Waals surface area contributed by atoms with E-state index in [0.29, 0.717) is 41.3 Å². The first-order chi connectivity index (χ1) is 12.0. The van der Waals surface area contributed by atoms with Crippen LogP contribution in [-0.2, 0) is 17.8 Å². The standard InChI is InChI=1S/C19H19Cl2NO3/c1-22(12-13-3-5-15(20)6-4-13)18(23)11-14-9-16(21)19-17(10-14)24-7-2-8-25-19/h3-6,9-10H,2,7-8,11-12H2,1H3. The lowest BCUT2D eigenvalue weighted by molar-refractivity contribution is -0.129. The summed E-state index contributed by atoms with van der Waals surface area (Å²) >= 11 is 12.2. The molecule has 0 bridgehead atoms. The SMILES string of the molecule is CN(Cc1ccc(Cl)cc1)C(=O)Cc1cc(Cl)c2c(c1)OCCCO2. The minimum atomic E-state index is 0.000469. The third-order valence-corrected chi connectivity index (χ3v) is 4.51. The zero-order valence-electron chi connectivity index (χ0n) is 13.9. The summed E-state index contributed by atoms with van der Waals surface area (Å²) in [6.45, 7) is 1.68. The molecule has 132 valence electrons. The van der Waals surface area contributed by atoms with Gasteiger partial charge in [-0.2, -0.15) is 0 Å². The molecule has 0 aromatic heterocycles. The fraction of sp³-hybridized carbons (Fsp3) is 0.316. The molecule has 0 saturated carbocycles. The van der Waals surface area contributed by atoms with E-state index in [-0.39, 0.29) is 12.3 Å². The Morgan fingerprint density at radius 2 is 1.80 bits per heavy atom. The summed E-state index contributed by atoms with van der Waals surface area (Å²) < 4.78 is 11.3. The van der Waals surface area contributed by atoms with Gasteiger partial charge in [0.15, 0.2) is 11.5 Å². The van der Waals surface area contributed by atoms with Gasteiger partial charge in [-0.25, -0.2) is 0 Å². The van der Waals surface area contributed by atoms with Crippen molar-refractivity contribution in [3.05, 3.63) is 57.6 Å². The minimum absolute atomic E-state index is 0.000469. The van der Waals surface area contributed by atoms with Gasteiger partial charge in [0.05, 0.1) is 24.7 Å². The van der Waals surface area contributed by atoms with Crippen LogP contribution in [0.5, 0.6) is 11.5 Å². The first-order valence-electron chi connectivity index (χ1n) is 8.09. The van der Waals surface area contributed by atoms with E-state index in [2.05, 4.69) is 0 Å². The summed E-state index contributed by atoms with van der Waals surface area (Å²) in [5, 5.41) is 1.15. The first-order valence-corrected chi connectivity index (χ1v) is 8.85. The topological polar surface area (TPSA) is 38.8 Å². The van der Waals surface area contributed by atoms with Gasteiger partial charge in [0.25, 0.3) is 0 Å². The molecule has 0 spiro atoms. The zero-order valence-corrected chi connectivity index (χ0v) is 15.4. The van der Waals surface area contributed by atoms with Crippen LogP contribution in [0.25, 0.3) is 0 Å². The summed E-state index contributed by atoms with van der Waals surface area (Å²) in [7, 11) is 1.78. The van der Waals surface area contributed by atoms with E-state index in [4.69, 9.17) is 32.7 Å². The molecule has 2 aromatic rings. The van der Waals surface area contributed by atoms with Gasteiger partial charge in [-0.05, 0) is 35.4 Å². The molecule has 1 aliphatic heterocycles. The molecule has 4 nitrogen and oxygen atoms in total. The summed E-state index contributed by atoms with van der Waals surface area (Å²) in [6.07, 6.45) is 1.06. The smallest absolute Gasteiger partial charge is 0.227 e. The second kappa shape index (κ2) is 7.98. The second-order valence-corrected chi connectivity index (χ2v) is 6.85. The van der Waals surface area contributed by atoms with Crippen molar-refractivity contribution >= 4 is 29.1 Å². The van der Waals surface area contributed by atoms with E-state index in [1.807, 2.05) is 30.3 Å². The number of halogens is 2. The maximum absolute atomic E-state index is 12.5. The highest BCUT2D eigenvalue weighted by Gasteiger charge is 2.18. The maximum atomic E-state index is 12.5. The second-order valence-electron chi connectivity index (χ2n) is 6.01. The normalized spacial score (nSPS) is 13.2. The zero-order chi connectivity index (χ0) is 17.8. The predicted octanol–water partition coefficient (Wildman–Crippen LogP) is 4.36. The summed E-state index contributed by atoms with van der Waals surface area (Å²) in [5.41, 5.74) is 1.83. The van der Waals surface area contributed by atoms with Gasteiger partial charge >= 0.3 is 0 Å². The van der Waals surface area contributed by atoms with Crippen molar-refractivity contribution in [1.82, 2.24) is 4.90 Å². The van der Waals surface area contributed by atoms with Crippen molar-refractivity contribution in [1.29, 1.82) is 0 Å². The molecule has 6 heteroatoms. The number of rotatable bonds is 4. The van der Waals surface area contributed by atoms with Crippen LogP contribution in [0, 0.1) is 0 Å². The molecule has 0 unspecified atom stereocenters. The van der Waals surface area contributed by atoms with E-state index >= 15 is 0 Å². The number of fused-ring (bicyclic) bond motifs is 1. The van der Waals surface area contributed by atoms with E-state index in [9.17, 15) is 4.79 Å². The molecule has 2 aromatic carbocycles. The number of amides is 1. The average molecular weight is 380 g/mol. The number of likely N-dealkylation sites (N-methyl/N-ethyl adjacent to an activating group) is 1. The Labute approximate surface area is 157 Å². The third kappa shape index (κ3) is 4.59. The van der Waals surface area contributed by atoms with Crippen molar-refractivity contribution in [2.24, 2.45) is 0 Å². The Bertz CT molecular complexity index is 762. The predicted molar refractivity (Wildman–Crippen MR) is 98.7 cm³/mol. The number of carbonyl (C=O) groups is 1. The summed E-state index contributed by atoms with van der Waals surface area (Å²) in [4.78, 5) is 14.2. The highest BCUT2D eigenvalue weighted by Crippen LogP contribution is 2.38. The number of benzene rings is 2. The van der Waals surface area contributed by atoms with Crippen molar-refractivity contribution in [3.8, 4) is 11.5 Å². The maximum Gasteiger partial charge on any atom is 0.227 e. The Kier molecular flexibility index (Phi) is 5.71. The molecular weight excluding hydrogens is 361 g/mol. The third-order valence-electron chi connectivity index (χ3n) is 3.98. The lowest BCUT2D eigenvalue weighted by Crippen LogP contribution is -2.27. The molecule has 0 radical (unpaired) electrons. The van der Waals surface area contributed by atoms with Crippen molar-refractivity contribution in [3.63, 3.8) is 0 Å². The van der Waals surface area contributed by atoms with Crippen molar-refractivity contribution < 1.29 is 14.3 Å². The minimum Gasteiger partial charge on any atom is -0.489 e. The molecule has 1 aliphatic rings. The molecule has 0 fully saturated rings. The lowest BCUT2D eigenvalue weighted by atomic mass is 10.1. The highest BCUT2D eigenvalue weighted by atomic mass is 35.5. The molecule has 0 aliphatic carbocycles. The average Bonchev–Trinajstić information content (AvgIpc) is 2.82. The van der Waals surface area contributed by atoms with Crippen LogP contribution in [0.2, 0.25) is 10.0 Å². The Hall–Kier alpha value is -1.91. The molecule has 0 saturated heterocycles. The highest BCUT2D eigenvalue weighted by molar-refractivity contribution is 6.32. The number of carbonyl (C=O) groups excluding carboxylic acids is 1. The molecule has 1 amide bonds. The molecular formula is C19H19Cl2NO3.